The molecule has 1 atom stereocenters. The standard InChI is InChI=1S/C10H15N3O3S/c1-7(9(14)15)2-3-12-10(16)13-6-8-11-4-5-17-8/h4-5,7H,2-3,6H2,1H3,(H,14,15)(H2,12,13,16). The summed E-state index contributed by atoms with van der Waals surface area (Å²) in [7, 11) is 0. The largest absolute Gasteiger partial charge is 0.481 e. The van der Waals surface area contributed by atoms with E-state index in [4.69, 9.17) is 5.11 Å². The normalized spacial score (nSPS) is 11.8. The van der Waals surface area contributed by atoms with Crippen molar-refractivity contribution in [3.05, 3.63) is 16.6 Å². The van der Waals surface area contributed by atoms with Crippen LogP contribution in [0, 0.1) is 5.92 Å². The van der Waals surface area contributed by atoms with Crippen LogP contribution in [0.5, 0.6) is 0 Å². The van der Waals surface area contributed by atoms with Crippen molar-refractivity contribution in [2.75, 3.05) is 6.54 Å². The van der Waals surface area contributed by atoms with E-state index in [9.17, 15) is 9.59 Å². The molecular weight excluding hydrogens is 242 g/mol. The third kappa shape index (κ3) is 5.30. The van der Waals surface area contributed by atoms with Gasteiger partial charge in [-0.2, -0.15) is 0 Å². The first-order chi connectivity index (χ1) is 8.09. The molecule has 1 aromatic rings. The van der Waals surface area contributed by atoms with Crippen LogP contribution < -0.4 is 10.6 Å². The van der Waals surface area contributed by atoms with Gasteiger partial charge in [0.1, 0.15) is 5.01 Å². The maximum absolute atomic E-state index is 11.3. The number of carbonyl (C=O) groups excluding carboxylic acids is 1. The van der Waals surface area contributed by atoms with Crippen LogP contribution in [0.3, 0.4) is 0 Å². The lowest BCUT2D eigenvalue weighted by atomic mass is 10.1. The summed E-state index contributed by atoms with van der Waals surface area (Å²) in [4.78, 5) is 25.8. The smallest absolute Gasteiger partial charge is 0.315 e. The summed E-state index contributed by atoms with van der Waals surface area (Å²) in [6.45, 7) is 2.34. The number of nitrogens with one attached hydrogen (secondary N) is 2. The van der Waals surface area contributed by atoms with E-state index < -0.39 is 11.9 Å². The van der Waals surface area contributed by atoms with E-state index in [-0.39, 0.29) is 6.03 Å². The minimum absolute atomic E-state index is 0.308. The highest BCUT2D eigenvalue weighted by Gasteiger charge is 2.10. The Morgan fingerprint density at radius 1 is 1.53 bits per heavy atom. The van der Waals surface area contributed by atoms with Gasteiger partial charge in [0.25, 0.3) is 0 Å². The molecule has 17 heavy (non-hydrogen) atoms. The van der Waals surface area contributed by atoms with Crippen molar-refractivity contribution in [3.8, 4) is 0 Å². The number of nitrogens with zero attached hydrogens (tertiary/aromatic N) is 1. The van der Waals surface area contributed by atoms with Gasteiger partial charge in [0.2, 0.25) is 0 Å². The molecule has 2 amide bonds. The highest BCUT2D eigenvalue weighted by molar-refractivity contribution is 7.09. The van der Waals surface area contributed by atoms with Crippen molar-refractivity contribution >= 4 is 23.3 Å². The number of carbonyl (C=O) groups is 2. The number of aliphatic carboxylic acids is 1. The lowest BCUT2D eigenvalue weighted by molar-refractivity contribution is -0.141. The van der Waals surface area contributed by atoms with Crippen LogP contribution in [-0.2, 0) is 11.3 Å². The van der Waals surface area contributed by atoms with Crippen molar-refractivity contribution in [1.82, 2.24) is 15.6 Å². The van der Waals surface area contributed by atoms with Crippen LogP contribution in [0.4, 0.5) is 4.79 Å². The van der Waals surface area contributed by atoms with E-state index in [1.165, 1.54) is 11.3 Å². The molecular formula is C10H15N3O3S. The fourth-order valence-electron chi connectivity index (χ4n) is 1.08. The number of carboxylic acid groups (broad SMARTS) is 1. The first-order valence-electron chi connectivity index (χ1n) is 5.22. The Morgan fingerprint density at radius 3 is 2.88 bits per heavy atom. The molecule has 1 rings (SSSR count). The van der Waals surface area contributed by atoms with Crippen LogP contribution >= 0.6 is 11.3 Å². The Kier molecular flexibility index (Phi) is 5.41. The summed E-state index contributed by atoms with van der Waals surface area (Å²) >= 11 is 1.47. The minimum atomic E-state index is -0.852. The van der Waals surface area contributed by atoms with Crippen molar-refractivity contribution in [1.29, 1.82) is 0 Å². The van der Waals surface area contributed by atoms with Gasteiger partial charge in [-0.15, -0.1) is 11.3 Å². The van der Waals surface area contributed by atoms with E-state index >= 15 is 0 Å². The monoisotopic (exact) mass is 257 g/mol. The predicted molar refractivity (Wildman–Crippen MR) is 63.8 cm³/mol. The number of hydrogen-bond donors (Lipinski definition) is 3. The van der Waals surface area contributed by atoms with Crippen LogP contribution in [-0.4, -0.2) is 28.6 Å². The SMILES string of the molecule is CC(CCNC(=O)NCc1nccs1)C(=O)O. The Hall–Kier alpha value is -1.63. The zero-order valence-electron chi connectivity index (χ0n) is 9.47. The molecule has 0 radical (unpaired) electrons. The van der Waals surface area contributed by atoms with Gasteiger partial charge < -0.3 is 15.7 Å². The zero-order chi connectivity index (χ0) is 12.7. The number of rotatable bonds is 6. The number of thiazole rings is 1. The highest BCUT2D eigenvalue weighted by Crippen LogP contribution is 2.02. The molecule has 3 N–H and O–H groups in total. The fourth-order valence-corrected chi connectivity index (χ4v) is 1.64. The maximum atomic E-state index is 11.3. The summed E-state index contributed by atoms with van der Waals surface area (Å²) in [5.41, 5.74) is 0. The minimum Gasteiger partial charge on any atom is -0.481 e. The second kappa shape index (κ2) is 6.85. The van der Waals surface area contributed by atoms with Crippen molar-refractivity contribution in [2.24, 2.45) is 5.92 Å². The summed E-state index contributed by atoms with van der Waals surface area (Å²) in [5.74, 6) is -1.30. The molecule has 0 bridgehead atoms. The Labute approximate surface area is 103 Å². The van der Waals surface area contributed by atoms with Gasteiger partial charge in [0, 0.05) is 18.1 Å². The molecule has 0 aliphatic rings. The lowest BCUT2D eigenvalue weighted by Crippen LogP contribution is -2.36. The number of aromatic nitrogens is 1. The van der Waals surface area contributed by atoms with Gasteiger partial charge in [0.05, 0.1) is 12.5 Å². The quantitative estimate of drug-likeness (QED) is 0.710. The van der Waals surface area contributed by atoms with Gasteiger partial charge in [-0.05, 0) is 6.42 Å². The number of carboxylic acids is 1. The molecule has 0 fully saturated rings. The van der Waals surface area contributed by atoms with Crippen LogP contribution in [0.1, 0.15) is 18.4 Å². The molecule has 1 heterocycles. The molecule has 6 nitrogen and oxygen atoms in total. The first kappa shape index (κ1) is 13.4. The van der Waals surface area contributed by atoms with Crippen LogP contribution in [0.25, 0.3) is 0 Å². The second-order valence-corrected chi connectivity index (χ2v) is 4.54. The van der Waals surface area contributed by atoms with Gasteiger partial charge in [0.15, 0.2) is 0 Å². The fraction of sp³-hybridized carbons (Fsp3) is 0.500. The molecule has 0 aromatic carbocycles. The molecule has 1 aromatic heterocycles. The third-order valence-electron chi connectivity index (χ3n) is 2.17. The summed E-state index contributed by atoms with van der Waals surface area (Å²) in [6.07, 6.45) is 2.09. The zero-order valence-corrected chi connectivity index (χ0v) is 10.3. The third-order valence-corrected chi connectivity index (χ3v) is 2.95. The van der Waals surface area contributed by atoms with Crippen LogP contribution in [0.2, 0.25) is 0 Å². The van der Waals surface area contributed by atoms with Crippen molar-refractivity contribution in [2.45, 2.75) is 19.9 Å². The average Bonchev–Trinajstić information content (AvgIpc) is 2.78. The van der Waals surface area contributed by atoms with E-state index in [2.05, 4.69) is 15.6 Å². The molecule has 1 unspecified atom stereocenters. The maximum Gasteiger partial charge on any atom is 0.315 e. The molecule has 0 aliphatic heterocycles. The summed E-state index contributed by atoms with van der Waals surface area (Å²) in [6, 6.07) is -0.308. The topological polar surface area (TPSA) is 91.3 Å². The van der Waals surface area contributed by atoms with Gasteiger partial charge >= 0.3 is 12.0 Å². The summed E-state index contributed by atoms with van der Waals surface area (Å²) < 4.78 is 0. The number of amides is 2. The Bertz CT molecular complexity index is 367. The number of hydrogen-bond acceptors (Lipinski definition) is 4. The molecule has 0 saturated heterocycles. The van der Waals surface area contributed by atoms with Gasteiger partial charge in [-0.25, -0.2) is 9.78 Å². The highest BCUT2D eigenvalue weighted by atomic mass is 32.1. The Balaban J connectivity index is 2.11. The molecule has 0 aliphatic carbocycles. The van der Waals surface area contributed by atoms with E-state index in [1.807, 2.05) is 5.38 Å². The van der Waals surface area contributed by atoms with Gasteiger partial charge in [-0.3, -0.25) is 4.79 Å². The number of urea groups is 1. The van der Waals surface area contributed by atoms with Gasteiger partial charge in [-0.1, -0.05) is 6.92 Å². The van der Waals surface area contributed by atoms with E-state index in [1.54, 1.807) is 13.1 Å². The molecule has 7 heteroatoms. The molecule has 0 saturated carbocycles. The summed E-state index contributed by atoms with van der Waals surface area (Å²) in [5, 5.41) is 16.5. The van der Waals surface area contributed by atoms with Crippen molar-refractivity contribution in [3.63, 3.8) is 0 Å². The predicted octanol–water partition coefficient (Wildman–Crippen LogP) is 1.05. The Morgan fingerprint density at radius 2 is 2.29 bits per heavy atom. The van der Waals surface area contributed by atoms with Crippen molar-refractivity contribution < 1.29 is 14.7 Å². The van der Waals surface area contributed by atoms with E-state index in [0.29, 0.717) is 19.5 Å². The average molecular weight is 257 g/mol. The molecule has 0 spiro atoms. The molecule has 94 valence electrons. The van der Waals surface area contributed by atoms with Crippen LogP contribution in [0.15, 0.2) is 11.6 Å². The first-order valence-corrected chi connectivity index (χ1v) is 6.10. The van der Waals surface area contributed by atoms with E-state index in [0.717, 1.165) is 5.01 Å². The lowest BCUT2D eigenvalue weighted by Gasteiger charge is -2.08. The second-order valence-electron chi connectivity index (χ2n) is 3.56.